The minimum Gasteiger partial charge on any atom is -0.352 e. The number of amides is 2. The number of carbonyl (C=O) groups excluding carboxylic acids is 2. The molecule has 0 heterocycles. The van der Waals surface area contributed by atoms with E-state index < -0.39 is 0 Å². The first-order valence-corrected chi connectivity index (χ1v) is 9.45. The third-order valence-corrected chi connectivity index (χ3v) is 4.64. The highest BCUT2D eigenvalue weighted by Crippen LogP contribution is 2.11. The van der Waals surface area contributed by atoms with Crippen LogP contribution in [0.15, 0.2) is 78.9 Å². The fraction of sp³-hybridized carbons (Fsp3) is 0.167. The molecule has 29 heavy (non-hydrogen) atoms. The molecule has 0 saturated carbocycles. The second-order valence-corrected chi connectivity index (χ2v) is 6.82. The quantitative estimate of drug-likeness (QED) is 0.661. The fourth-order valence-corrected chi connectivity index (χ4v) is 3.03. The summed E-state index contributed by atoms with van der Waals surface area (Å²) in [7, 11) is 1.75. The van der Waals surface area contributed by atoms with Crippen LogP contribution in [0.2, 0.25) is 0 Å². The molecule has 5 heteroatoms. The Labute approximate surface area is 170 Å². The van der Waals surface area contributed by atoms with Crippen LogP contribution in [0.4, 0.5) is 4.39 Å². The second-order valence-electron chi connectivity index (χ2n) is 6.82. The summed E-state index contributed by atoms with van der Waals surface area (Å²) in [5, 5.41) is 2.78. The van der Waals surface area contributed by atoms with Crippen molar-refractivity contribution in [3.63, 3.8) is 0 Å². The molecule has 0 aliphatic carbocycles. The number of carbonyl (C=O) groups is 2. The van der Waals surface area contributed by atoms with Gasteiger partial charge in [0.15, 0.2) is 0 Å². The SMILES string of the molecule is CN(Cc1ccccc1)C(=O)c1ccc(C(=O)NCCc2ccccc2F)cc1. The van der Waals surface area contributed by atoms with Crippen molar-refractivity contribution >= 4 is 11.8 Å². The van der Waals surface area contributed by atoms with Gasteiger partial charge in [0.2, 0.25) is 0 Å². The van der Waals surface area contributed by atoms with Crippen molar-refractivity contribution in [2.45, 2.75) is 13.0 Å². The van der Waals surface area contributed by atoms with Gasteiger partial charge in [-0.1, -0.05) is 48.5 Å². The zero-order chi connectivity index (χ0) is 20.6. The Hall–Kier alpha value is -3.47. The molecule has 0 spiro atoms. The highest BCUT2D eigenvalue weighted by molar-refractivity contribution is 5.97. The molecule has 3 aromatic rings. The number of hydrogen-bond donors (Lipinski definition) is 1. The van der Waals surface area contributed by atoms with Crippen LogP contribution in [-0.4, -0.2) is 30.3 Å². The van der Waals surface area contributed by atoms with E-state index in [2.05, 4.69) is 5.32 Å². The summed E-state index contributed by atoms with van der Waals surface area (Å²) in [4.78, 5) is 26.5. The molecule has 0 fully saturated rings. The minimum absolute atomic E-state index is 0.111. The van der Waals surface area contributed by atoms with Gasteiger partial charge in [0.25, 0.3) is 11.8 Å². The van der Waals surface area contributed by atoms with Gasteiger partial charge in [-0.15, -0.1) is 0 Å². The maximum Gasteiger partial charge on any atom is 0.253 e. The third-order valence-electron chi connectivity index (χ3n) is 4.64. The number of nitrogens with zero attached hydrogens (tertiary/aromatic N) is 1. The Morgan fingerprint density at radius 1 is 0.862 bits per heavy atom. The normalized spacial score (nSPS) is 10.4. The smallest absolute Gasteiger partial charge is 0.253 e. The van der Waals surface area contributed by atoms with E-state index in [1.54, 1.807) is 54.4 Å². The molecule has 1 N–H and O–H groups in total. The summed E-state index contributed by atoms with van der Waals surface area (Å²) in [5.41, 5.74) is 2.59. The summed E-state index contributed by atoms with van der Waals surface area (Å²) < 4.78 is 13.6. The number of rotatable bonds is 7. The molecule has 0 unspecified atom stereocenters. The lowest BCUT2D eigenvalue weighted by molar-refractivity contribution is 0.0784. The van der Waals surface area contributed by atoms with Crippen LogP contribution in [0.5, 0.6) is 0 Å². The molecule has 0 aliphatic rings. The molecule has 148 valence electrons. The molecule has 0 radical (unpaired) electrons. The van der Waals surface area contributed by atoms with Crippen LogP contribution in [-0.2, 0) is 13.0 Å². The van der Waals surface area contributed by atoms with E-state index in [1.165, 1.54) is 6.07 Å². The molecule has 3 rings (SSSR count). The van der Waals surface area contributed by atoms with E-state index in [-0.39, 0.29) is 17.6 Å². The predicted octanol–water partition coefficient (Wildman–Crippen LogP) is 4.07. The van der Waals surface area contributed by atoms with Crippen molar-refractivity contribution < 1.29 is 14.0 Å². The van der Waals surface area contributed by atoms with E-state index in [9.17, 15) is 14.0 Å². The zero-order valence-electron chi connectivity index (χ0n) is 16.3. The topological polar surface area (TPSA) is 49.4 Å². The van der Waals surface area contributed by atoms with E-state index in [1.807, 2.05) is 30.3 Å². The summed E-state index contributed by atoms with van der Waals surface area (Å²) in [5.74, 6) is -0.637. The van der Waals surface area contributed by atoms with Crippen molar-refractivity contribution in [3.8, 4) is 0 Å². The summed E-state index contributed by atoms with van der Waals surface area (Å²) in [6, 6.07) is 22.8. The standard InChI is InChI=1S/C24H23FN2O2/c1-27(17-18-7-3-2-4-8-18)24(29)21-13-11-20(12-14-21)23(28)26-16-15-19-9-5-6-10-22(19)25/h2-14H,15-17H2,1H3,(H,26,28). The van der Waals surface area contributed by atoms with Gasteiger partial charge < -0.3 is 10.2 Å². The predicted molar refractivity (Wildman–Crippen MR) is 111 cm³/mol. The molecule has 3 aromatic carbocycles. The lowest BCUT2D eigenvalue weighted by Gasteiger charge is -2.17. The lowest BCUT2D eigenvalue weighted by atomic mass is 10.1. The Morgan fingerprint density at radius 2 is 1.48 bits per heavy atom. The molecule has 0 saturated heterocycles. The van der Waals surface area contributed by atoms with Crippen molar-refractivity contribution in [1.82, 2.24) is 10.2 Å². The van der Waals surface area contributed by atoms with Gasteiger partial charge >= 0.3 is 0 Å². The molecule has 0 atom stereocenters. The average molecular weight is 390 g/mol. The lowest BCUT2D eigenvalue weighted by Crippen LogP contribution is -2.27. The maximum absolute atomic E-state index is 13.6. The molecular weight excluding hydrogens is 367 g/mol. The Morgan fingerprint density at radius 3 is 2.17 bits per heavy atom. The highest BCUT2D eigenvalue weighted by Gasteiger charge is 2.13. The van der Waals surface area contributed by atoms with Gasteiger partial charge in [0.05, 0.1) is 0 Å². The van der Waals surface area contributed by atoms with E-state index in [0.29, 0.717) is 36.2 Å². The highest BCUT2D eigenvalue weighted by atomic mass is 19.1. The number of halogens is 1. The monoisotopic (exact) mass is 390 g/mol. The maximum atomic E-state index is 13.6. The molecule has 0 bridgehead atoms. The molecule has 2 amide bonds. The van der Waals surface area contributed by atoms with Gasteiger partial charge in [-0.05, 0) is 47.9 Å². The Bertz CT molecular complexity index is 972. The molecule has 4 nitrogen and oxygen atoms in total. The first-order chi connectivity index (χ1) is 14.0. The molecular formula is C24H23FN2O2. The Kier molecular flexibility index (Phi) is 6.74. The van der Waals surface area contributed by atoms with Gasteiger partial charge in [0, 0.05) is 31.3 Å². The van der Waals surface area contributed by atoms with Gasteiger partial charge in [-0.25, -0.2) is 4.39 Å². The Balaban J connectivity index is 1.54. The van der Waals surface area contributed by atoms with Crippen LogP contribution in [0.25, 0.3) is 0 Å². The fourth-order valence-electron chi connectivity index (χ4n) is 3.03. The number of nitrogens with one attached hydrogen (secondary N) is 1. The summed E-state index contributed by atoms with van der Waals surface area (Å²) >= 11 is 0. The third kappa shape index (κ3) is 5.51. The van der Waals surface area contributed by atoms with Crippen LogP contribution >= 0.6 is 0 Å². The van der Waals surface area contributed by atoms with Crippen LogP contribution in [0, 0.1) is 5.82 Å². The van der Waals surface area contributed by atoms with Crippen LogP contribution in [0.3, 0.4) is 0 Å². The van der Waals surface area contributed by atoms with E-state index in [0.717, 1.165) is 5.56 Å². The van der Waals surface area contributed by atoms with Crippen molar-refractivity contribution in [2.24, 2.45) is 0 Å². The second kappa shape index (κ2) is 9.64. The summed E-state index contributed by atoms with van der Waals surface area (Å²) in [6.45, 7) is 0.845. The van der Waals surface area contributed by atoms with Crippen molar-refractivity contribution in [1.29, 1.82) is 0 Å². The number of benzene rings is 3. The molecule has 0 aromatic heterocycles. The first-order valence-electron chi connectivity index (χ1n) is 9.45. The first kappa shape index (κ1) is 20.3. The van der Waals surface area contributed by atoms with Crippen LogP contribution < -0.4 is 5.32 Å². The van der Waals surface area contributed by atoms with Crippen molar-refractivity contribution in [2.75, 3.05) is 13.6 Å². The zero-order valence-corrected chi connectivity index (χ0v) is 16.3. The van der Waals surface area contributed by atoms with Gasteiger partial charge in [-0.2, -0.15) is 0 Å². The average Bonchev–Trinajstić information content (AvgIpc) is 2.75. The van der Waals surface area contributed by atoms with Crippen LogP contribution in [0.1, 0.15) is 31.8 Å². The number of hydrogen-bond acceptors (Lipinski definition) is 2. The van der Waals surface area contributed by atoms with E-state index in [4.69, 9.17) is 0 Å². The van der Waals surface area contributed by atoms with Gasteiger partial charge in [0.1, 0.15) is 5.82 Å². The van der Waals surface area contributed by atoms with Gasteiger partial charge in [-0.3, -0.25) is 9.59 Å². The minimum atomic E-state index is -0.274. The largest absolute Gasteiger partial charge is 0.352 e. The van der Waals surface area contributed by atoms with E-state index >= 15 is 0 Å². The molecule has 0 aliphatic heterocycles. The van der Waals surface area contributed by atoms with Crippen molar-refractivity contribution in [3.05, 3.63) is 107 Å². The summed E-state index contributed by atoms with van der Waals surface area (Å²) in [6.07, 6.45) is 0.416.